The van der Waals surface area contributed by atoms with E-state index in [2.05, 4.69) is 4.99 Å². The molecule has 2 aromatic carbocycles. The molecule has 0 bridgehead atoms. The Balaban J connectivity index is 1.94. The number of amidine groups is 1. The number of hydrogen-bond acceptors (Lipinski definition) is 5. The van der Waals surface area contributed by atoms with Gasteiger partial charge in [0.2, 0.25) is 10.0 Å². The number of hydrogen-bond donors (Lipinski definition) is 0. The highest BCUT2D eigenvalue weighted by Gasteiger charge is 2.31. The fourth-order valence-electron chi connectivity index (χ4n) is 2.64. The van der Waals surface area contributed by atoms with E-state index in [0.29, 0.717) is 23.0 Å². The van der Waals surface area contributed by atoms with Crippen LogP contribution >= 0.6 is 11.8 Å². The topological polar surface area (TPSA) is 70.0 Å². The molecule has 1 saturated heterocycles. The minimum Gasteiger partial charge on any atom is -0.286 e. The molecule has 0 aromatic heterocycles. The van der Waals surface area contributed by atoms with Gasteiger partial charge in [-0.15, -0.1) is 0 Å². The second-order valence-corrected chi connectivity index (χ2v) is 9.95. The largest absolute Gasteiger partial charge is 0.286 e. The molecular formula is C19H21N3O3S2. The summed E-state index contributed by atoms with van der Waals surface area (Å²) in [5.41, 5.74) is 1.10. The van der Waals surface area contributed by atoms with E-state index in [1.54, 1.807) is 29.2 Å². The zero-order valence-electron chi connectivity index (χ0n) is 15.4. The molecule has 1 unspecified atom stereocenters. The molecule has 0 saturated carbocycles. The fraction of sp³-hybridized carbons (Fsp3) is 0.263. The van der Waals surface area contributed by atoms with E-state index in [9.17, 15) is 13.2 Å². The number of amides is 1. The highest BCUT2D eigenvalue weighted by Crippen LogP contribution is 2.30. The summed E-state index contributed by atoms with van der Waals surface area (Å²) in [4.78, 5) is 19.2. The zero-order chi connectivity index (χ0) is 19.6. The van der Waals surface area contributed by atoms with Crippen molar-refractivity contribution >= 4 is 38.5 Å². The van der Waals surface area contributed by atoms with E-state index >= 15 is 0 Å². The van der Waals surface area contributed by atoms with E-state index in [4.69, 9.17) is 0 Å². The number of thioether (sulfide) groups is 1. The Labute approximate surface area is 163 Å². The normalized spacial score (nSPS) is 19.0. The number of rotatable bonds is 4. The first-order valence-corrected chi connectivity index (χ1v) is 10.8. The molecule has 2 aromatic rings. The van der Waals surface area contributed by atoms with E-state index in [-0.39, 0.29) is 16.1 Å². The van der Waals surface area contributed by atoms with Gasteiger partial charge in [-0.1, -0.05) is 43.0 Å². The summed E-state index contributed by atoms with van der Waals surface area (Å²) in [6, 6.07) is 15.5. The first-order chi connectivity index (χ1) is 12.8. The lowest BCUT2D eigenvalue weighted by atomic mass is 10.2. The molecule has 0 radical (unpaired) electrons. The predicted molar refractivity (Wildman–Crippen MR) is 109 cm³/mol. The second-order valence-electron chi connectivity index (χ2n) is 6.39. The summed E-state index contributed by atoms with van der Waals surface area (Å²) in [6.45, 7) is 2.60. The third-order valence-electron chi connectivity index (χ3n) is 4.06. The van der Waals surface area contributed by atoms with Crippen LogP contribution in [0.1, 0.15) is 17.3 Å². The third-order valence-corrected chi connectivity index (χ3v) is 6.95. The Morgan fingerprint density at radius 3 is 2.52 bits per heavy atom. The van der Waals surface area contributed by atoms with Gasteiger partial charge in [-0.25, -0.2) is 17.7 Å². The minimum absolute atomic E-state index is 0.108. The van der Waals surface area contributed by atoms with Crippen molar-refractivity contribution in [3.05, 3.63) is 60.2 Å². The average molecular weight is 404 g/mol. The van der Waals surface area contributed by atoms with Gasteiger partial charge in [0.25, 0.3) is 5.91 Å². The van der Waals surface area contributed by atoms with Gasteiger partial charge in [0, 0.05) is 31.5 Å². The van der Waals surface area contributed by atoms with Crippen molar-refractivity contribution in [2.24, 2.45) is 4.99 Å². The van der Waals surface area contributed by atoms with Crippen LogP contribution in [-0.2, 0) is 10.0 Å². The van der Waals surface area contributed by atoms with Crippen LogP contribution in [0.15, 0.2) is 64.5 Å². The smallest absolute Gasteiger partial charge is 0.259 e. The Morgan fingerprint density at radius 2 is 1.85 bits per heavy atom. The van der Waals surface area contributed by atoms with Crippen LogP contribution in [0.2, 0.25) is 0 Å². The van der Waals surface area contributed by atoms with Crippen LogP contribution in [0.25, 0.3) is 0 Å². The van der Waals surface area contributed by atoms with Crippen molar-refractivity contribution in [1.82, 2.24) is 9.21 Å². The summed E-state index contributed by atoms with van der Waals surface area (Å²) in [7, 11) is -0.562. The number of benzene rings is 2. The van der Waals surface area contributed by atoms with Crippen molar-refractivity contribution < 1.29 is 13.2 Å². The number of carbonyl (C=O) groups is 1. The maximum atomic E-state index is 12.8. The highest BCUT2D eigenvalue weighted by atomic mass is 32.2. The molecular weight excluding hydrogens is 382 g/mol. The highest BCUT2D eigenvalue weighted by molar-refractivity contribution is 8.14. The van der Waals surface area contributed by atoms with Crippen LogP contribution < -0.4 is 0 Å². The lowest BCUT2D eigenvalue weighted by molar-refractivity contribution is 0.0855. The van der Waals surface area contributed by atoms with Gasteiger partial charge in [-0.3, -0.25) is 9.69 Å². The average Bonchev–Trinajstić information content (AvgIpc) is 3.02. The van der Waals surface area contributed by atoms with E-state index in [1.807, 2.05) is 25.1 Å². The molecule has 1 fully saturated rings. The molecule has 8 heteroatoms. The van der Waals surface area contributed by atoms with Crippen molar-refractivity contribution in [2.75, 3.05) is 20.6 Å². The van der Waals surface area contributed by atoms with Gasteiger partial charge in [0.05, 0.1) is 10.6 Å². The number of carbonyl (C=O) groups excluding carboxylic acids is 1. The molecule has 142 valence electrons. The quantitative estimate of drug-likeness (QED) is 0.786. The van der Waals surface area contributed by atoms with E-state index in [1.165, 1.54) is 38.0 Å². The molecule has 0 aliphatic carbocycles. The predicted octanol–water partition coefficient (Wildman–Crippen LogP) is 3.20. The summed E-state index contributed by atoms with van der Waals surface area (Å²) in [5, 5.41) is 0.792. The first kappa shape index (κ1) is 19.6. The summed E-state index contributed by atoms with van der Waals surface area (Å²) in [6.07, 6.45) is 0. The number of aliphatic imine (C=N–C) groups is 1. The molecule has 1 atom stereocenters. The maximum absolute atomic E-state index is 12.8. The molecule has 3 rings (SSSR count). The molecule has 1 aliphatic rings. The van der Waals surface area contributed by atoms with E-state index in [0.717, 1.165) is 4.31 Å². The number of sulfonamides is 1. The standard InChI is InChI=1S/C19H21N3O3S2/c1-14-13-22(18(23)15-8-5-4-6-9-15)19(26-14)20-16-10-7-11-17(12-16)27(24,25)21(2)3/h4-12,14H,13H2,1-3H3. The van der Waals surface area contributed by atoms with Gasteiger partial charge in [-0.05, 0) is 30.3 Å². The van der Waals surface area contributed by atoms with Gasteiger partial charge in [-0.2, -0.15) is 0 Å². The molecule has 1 aliphatic heterocycles. The molecule has 0 spiro atoms. The molecule has 1 heterocycles. The third kappa shape index (κ3) is 4.23. The molecule has 27 heavy (non-hydrogen) atoms. The Kier molecular flexibility index (Phi) is 5.69. The molecule has 1 amide bonds. The van der Waals surface area contributed by atoms with Crippen LogP contribution in [0.5, 0.6) is 0 Å². The van der Waals surface area contributed by atoms with Gasteiger partial charge in [0.1, 0.15) is 0 Å². The zero-order valence-corrected chi connectivity index (χ0v) is 17.0. The Morgan fingerprint density at radius 1 is 1.15 bits per heavy atom. The van der Waals surface area contributed by atoms with Crippen molar-refractivity contribution in [3.63, 3.8) is 0 Å². The van der Waals surface area contributed by atoms with Crippen molar-refractivity contribution in [3.8, 4) is 0 Å². The monoisotopic (exact) mass is 403 g/mol. The molecule has 0 N–H and O–H groups in total. The summed E-state index contributed by atoms with van der Waals surface area (Å²) < 4.78 is 25.8. The second kappa shape index (κ2) is 7.84. The Hall–Kier alpha value is -2.16. The van der Waals surface area contributed by atoms with Crippen LogP contribution in [0, 0.1) is 0 Å². The lowest BCUT2D eigenvalue weighted by Crippen LogP contribution is -2.32. The molecule has 6 nitrogen and oxygen atoms in total. The SMILES string of the molecule is CC1CN(C(=O)c2ccccc2)C(=Nc2cccc(S(=O)(=O)N(C)C)c2)S1. The lowest BCUT2D eigenvalue weighted by Gasteiger charge is -2.16. The van der Waals surface area contributed by atoms with Crippen molar-refractivity contribution in [2.45, 2.75) is 17.1 Å². The summed E-state index contributed by atoms with van der Waals surface area (Å²) in [5.74, 6) is -0.108. The maximum Gasteiger partial charge on any atom is 0.259 e. The van der Waals surface area contributed by atoms with Crippen LogP contribution in [0.3, 0.4) is 0 Å². The minimum atomic E-state index is -3.54. The summed E-state index contributed by atoms with van der Waals surface area (Å²) >= 11 is 1.51. The number of nitrogens with zero attached hydrogens (tertiary/aromatic N) is 3. The van der Waals surface area contributed by atoms with Gasteiger partial charge < -0.3 is 0 Å². The van der Waals surface area contributed by atoms with Crippen LogP contribution in [0.4, 0.5) is 5.69 Å². The van der Waals surface area contributed by atoms with Crippen LogP contribution in [-0.4, -0.2) is 54.6 Å². The van der Waals surface area contributed by atoms with Crippen molar-refractivity contribution in [1.29, 1.82) is 0 Å². The first-order valence-electron chi connectivity index (χ1n) is 8.44. The van der Waals surface area contributed by atoms with E-state index < -0.39 is 10.0 Å². The Bertz CT molecular complexity index is 973. The van der Waals surface area contributed by atoms with Gasteiger partial charge in [0.15, 0.2) is 5.17 Å². The fourth-order valence-corrected chi connectivity index (χ4v) is 4.61. The van der Waals surface area contributed by atoms with Gasteiger partial charge >= 0.3 is 0 Å².